The number of hydrogen-bond donors (Lipinski definition) is 1. The quantitative estimate of drug-likeness (QED) is 0.566. The summed E-state index contributed by atoms with van der Waals surface area (Å²) in [5, 5.41) is 10.9. The van der Waals surface area contributed by atoms with Gasteiger partial charge in [-0.1, -0.05) is 31.4 Å². The molecule has 1 aliphatic heterocycles. The number of unbranched alkanes of at least 4 members (excludes halogenated alkanes) is 2. The van der Waals surface area contributed by atoms with Crippen LogP contribution < -0.4 is 4.74 Å². The third-order valence-electron chi connectivity index (χ3n) is 4.58. The third-order valence-corrected chi connectivity index (χ3v) is 4.58. The number of allylic oxidation sites excluding steroid dienone is 2. The van der Waals surface area contributed by atoms with E-state index in [1.54, 1.807) is 20.8 Å². The molecule has 1 aromatic rings. The van der Waals surface area contributed by atoms with E-state index in [-0.39, 0.29) is 35.9 Å². The van der Waals surface area contributed by atoms with Gasteiger partial charge in [0.15, 0.2) is 0 Å². The van der Waals surface area contributed by atoms with E-state index >= 15 is 0 Å². The normalized spacial score (nSPS) is 34.7. The number of phenols is 1. The monoisotopic (exact) mass is 320 g/mol. The van der Waals surface area contributed by atoms with Gasteiger partial charge in [-0.05, 0) is 64.1 Å². The maximum Gasteiger partial charge on any atom is 0.127 e. The average Bonchev–Trinajstić information content (AvgIpc) is 2.62. The lowest BCUT2D eigenvalue weighted by atomic mass is 9.68. The Morgan fingerprint density at radius 2 is 2.22 bits per heavy atom. The van der Waals surface area contributed by atoms with Gasteiger partial charge in [0.2, 0.25) is 0 Å². The Bertz CT molecular complexity index is 877. The molecule has 126 valence electrons. The Labute approximate surface area is 149 Å². The molecule has 0 amide bonds. The van der Waals surface area contributed by atoms with Gasteiger partial charge in [-0.2, -0.15) is 0 Å². The molecule has 2 heteroatoms. The molecule has 0 saturated heterocycles. The highest BCUT2D eigenvalue weighted by molar-refractivity contribution is 5.53. The van der Waals surface area contributed by atoms with Crippen molar-refractivity contribution in [3.8, 4) is 11.5 Å². The fourth-order valence-corrected chi connectivity index (χ4v) is 3.37. The maximum absolute atomic E-state index is 10.9. The van der Waals surface area contributed by atoms with Crippen molar-refractivity contribution < 1.29 is 18.1 Å². The van der Waals surface area contributed by atoms with Crippen molar-refractivity contribution >= 4 is 0 Å². The lowest BCUT2D eigenvalue weighted by molar-refractivity contribution is 0.0107. The molecule has 1 heterocycles. The van der Waals surface area contributed by atoms with Crippen LogP contribution in [0.3, 0.4) is 0 Å². The molecule has 1 aromatic carbocycles. The minimum absolute atomic E-state index is 0.00520. The number of hydrogen-bond acceptors (Lipinski definition) is 2. The van der Waals surface area contributed by atoms with Crippen LogP contribution in [0.25, 0.3) is 0 Å². The molecule has 2 nitrogen and oxygen atoms in total. The van der Waals surface area contributed by atoms with Crippen LogP contribution in [0, 0.1) is 5.89 Å². The maximum atomic E-state index is 10.9. The lowest BCUT2D eigenvalue weighted by Gasteiger charge is -2.46. The zero-order valence-corrected chi connectivity index (χ0v) is 14.5. The van der Waals surface area contributed by atoms with E-state index in [2.05, 4.69) is 6.92 Å². The van der Waals surface area contributed by atoms with Crippen molar-refractivity contribution in [1.82, 2.24) is 0 Å². The zero-order chi connectivity index (χ0) is 21.9. The highest BCUT2D eigenvalue weighted by Gasteiger charge is 2.45. The van der Waals surface area contributed by atoms with Gasteiger partial charge >= 0.3 is 0 Å². The van der Waals surface area contributed by atoms with Crippen LogP contribution in [0.1, 0.15) is 85.0 Å². The smallest absolute Gasteiger partial charge is 0.127 e. The second-order valence-electron chi connectivity index (χ2n) is 7.01. The molecule has 0 spiro atoms. The molecule has 0 bridgehead atoms. The Kier molecular flexibility index (Phi) is 2.82. The highest BCUT2D eigenvalue weighted by Crippen LogP contribution is 2.53. The summed E-state index contributed by atoms with van der Waals surface area (Å²) in [4.78, 5) is 0. The number of aromatic hydroxyl groups is 1. The van der Waals surface area contributed by atoms with Gasteiger partial charge in [0.05, 0.1) is 4.11 Å². The predicted octanol–water partition coefficient (Wildman–Crippen LogP) is 5.74. The molecule has 1 N–H and O–H groups in total. The first-order valence-corrected chi connectivity index (χ1v) is 8.52. The molecule has 2 atom stereocenters. The highest BCUT2D eigenvalue weighted by atomic mass is 16.5. The van der Waals surface area contributed by atoms with Gasteiger partial charge in [0.1, 0.15) is 17.1 Å². The fourth-order valence-electron chi connectivity index (χ4n) is 3.37. The van der Waals surface area contributed by atoms with Gasteiger partial charge in [0.25, 0.3) is 0 Å². The second kappa shape index (κ2) is 6.22. The van der Waals surface area contributed by atoms with Gasteiger partial charge < -0.3 is 9.84 Å². The molecule has 0 aromatic heterocycles. The largest absolute Gasteiger partial charge is 0.507 e. The molecule has 23 heavy (non-hydrogen) atoms. The lowest BCUT2D eigenvalue weighted by Crippen LogP contribution is -2.45. The van der Waals surface area contributed by atoms with E-state index in [9.17, 15) is 6.48 Å². The molecule has 0 unspecified atom stereocenters. The summed E-state index contributed by atoms with van der Waals surface area (Å²) in [6.07, 6.45) is 1.12. The van der Waals surface area contributed by atoms with E-state index in [4.69, 9.17) is 11.6 Å². The number of benzene rings is 1. The summed E-state index contributed by atoms with van der Waals surface area (Å²) in [6.45, 7) is 6.96. The number of rotatable bonds is 4. The van der Waals surface area contributed by atoms with Gasteiger partial charge in [0, 0.05) is 21.5 Å². The predicted molar refractivity (Wildman–Crippen MR) is 95.3 cm³/mol. The van der Waals surface area contributed by atoms with Crippen LogP contribution in [0.15, 0.2) is 23.7 Å². The molecule has 0 fully saturated rings. The summed E-state index contributed by atoms with van der Waals surface area (Å²) in [6, 6.07) is -0.0988. The molecule has 1 aliphatic carbocycles. The first-order valence-electron chi connectivity index (χ1n) is 11.5. The van der Waals surface area contributed by atoms with Crippen LogP contribution in [-0.4, -0.2) is 10.7 Å². The van der Waals surface area contributed by atoms with Gasteiger partial charge in [-0.25, -0.2) is 0 Å². The Morgan fingerprint density at radius 1 is 1.43 bits per heavy atom. The van der Waals surface area contributed by atoms with Crippen LogP contribution in [0.4, 0.5) is 0 Å². The van der Waals surface area contributed by atoms with E-state index in [1.807, 2.05) is 0 Å². The van der Waals surface area contributed by atoms with E-state index in [0.29, 0.717) is 17.6 Å². The standard InChI is InChI=1S/C21H30O2/c1-5-6-7-8-15-12-18(22)20-16-11-14(2)9-10-17(16)21(3,4)23-19(20)13-15/h11-13,16-17,22H,5-10H2,1-4H3/t16-,17-/m1/s1/i10D2,11D,12D,13D,17D. The summed E-state index contributed by atoms with van der Waals surface area (Å²) in [7, 11) is 0. The second-order valence-corrected chi connectivity index (χ2v) is 7.01. The van der Waals surface area contributed by atoms with Crippen molar-refractivity contribution in [3.05, 3.63) is 34.8 Å². The molecule has 2 aliphatic rings. The van der Waals surface area contributed by atoms with Crippen LogP contribution in [0.2, 0.25) is 0 Å². The summed E-state index contributed by atoms with van der Waals surface area (Å²) in [5.74, 6) is -3.31. The molecular formula is C21H30O2. The van der Waals surface area contributed by atoms with E-state index < -0.39 is 29.5 Å². The third kappa shape index (κ3) is 3.13. The molecule has 0 radical (unpaired) electrons. The van der Waals surface area contributed by atoms with Crippen molar-refractivity contribution in [3.63, 3.8) is 0 Å². The molecular weight excluding hydrogens is 284 g/mol. The van der Waals surface area contributed by atoms with Gasteiger partial charge in [-0.15, -0.1) is 0 Å². The summed E-state index contributed by atoms with van der Waals surface area (Å²) < 4.78 is 58.2. The average molecular weight is 321 g/mol. The summed E-state index contributed by atoms with van der Waals surface area (Å²) in [5.41, 5.74) is -0.389. The fraction of sp³-hybridized carbons (Fsp3) is 0.619. The van der Waals surface area contributed by atoms with E-state index in [0.717, 1.165) is 19.3 Å². The Morgan fingerprint density at radius 3 is 2.96 bits per heavy atom. The number of fused-ring (bicyclic) bond motifs is 3. The topological polar surface area (TPSA) is 29.5 Å². The van der Waals surface area contributed by atoms with Gasteiger partial charge in [-0.3, -0.25) is 0 Å². The van der Waals surface area contributed by atoms with Crippen molar-refractivity contribution in [1.29, 1.82) is 0 Å². The van der Waals surface area contributed by atoms with Crippen molar-refractivity contribution in [2.75, 3.05) is 0 Å². The van der Waals surface area contributed by atoms with E-state index in [1.165, 1.54) is 0 Å². The zero-order valence-electron chi connectivity index (χ0n) is 20.5. The van der Waals surface area contributed by atoms with Crippen LogP contribution in [0.5, 0.6) is 11.5 Å². The molecule has 3 rings (SSSR count). The Hall–Kier alpha value is -1.44. The number of phenolic OH excluding ortho intramolecular Hbond substituents is 1. The number of ether oxygens (including phenoxy) is 1. The minimum Gasteiger partial charge on any atom is -0.507 e. The minimum atomic E-state index is -2.01. The van der Waals surface area contributed by atoms with Crippen molar-refractivity contribution in [2.24, 2.45) is 5.89 Å². The van der Waals surface area contributed by atoms with Crippen LogP contribution in [-0.2, 0) is 6.42 Å². The first-order chi connectivity index (χ1) is 13.3. The Balaban J connectivity index is 2.32. The SMILES string of the molecule is [2H]C1=C(C)CC([2H])([2H])[C@]2([2H])[C@@H]1c1c(O)c([2H])c(CCCCC)c([2H])c1OC2(C)C. The van der Waals surface area contributed by atoms with Crippen LogP contribution >= 0.6 is 0 Å². The summed E-state index contributed by atoms with van der Waals surface area (Å²) >= 11 is 0. The molecule has 0 saturated carbocycles. The van der Waals surface area contributed by atoms with Crippen molar-refractivity contribution in [2.45, 2.75) is 77.7 Å². The first kappa shape index (κ1) is 10.4.